The lowest BCUT2D eigenvalue weighted by Crippen LogP contribution is -2.06. The Hall–Kier alpha value is 0.270. The first kappa shape index (κ1) is 10.4. The lowest BCUT2D eigenvalue weighted by molar-refractivity contribution is 0.387. The third kappa shape index (κ3) is 1.78. The molecular formula is C6H5Br2FNOP. The van der Waals surface area contributed by atoms with Crippen molar-refractivity contribution in [3.8, 4) is 5.75 Å². The second-order valence-corrected chi connectivity index (χ2v) is 4.03. The molecule has 0 saturated heterocycles. The summed E-state index contributed by atoms with van der Waals surface area (Å²) in [6.07, 6.45) is 0. The molecule has 1 unspecified atom stereocenters. The van der Waals surface area contributed by atoms with E-state index >= 15 is 0 Å². The van der Waals surface area contributed by atoms with Crippen molar-refractivity contribution < 1.29 is 9.13 Å². The van der Waals surface area contributed by atoms with Crippen LogP contribution in [0.5, 0.6) is 5.75 Å². The second kappa shape index (κ2) is 3.99. The molecule has 0 aliphatic rings. The average Bonchev–Trinajstić information content (AvgIpc) is 2.02. The van der Waals surface area contributed by atoms with Gasteiger partial charge in [0.05, 0.1) is 7.11 Å². The van der Waals surface area contributed by atoms with E-state index in [1.807, 2.05) is 0 Å². The molecule has 0 aromatic carbocycles. The molecule has 0 spiro atoms. The maximum absolute atomic E-state index is 13.2. The van der Waals surface area contributed by atoms with Gasteiger partial charge in [-0.25, -0.2) is 4.98 Å². The lowest BCUT2D eigenvalue weighted by atomic mass is 10.4. The van der Waals surface area contributed by atoms with Crippen LogP contribution >= 0.6 is 41.1 Å². The topological polar surface area (TPSA) is 22.1 Å². The Morgan fingerprint density at radius 1 is 1.42 bits per heavy atom. The van der Waals surface area contributed by atoms with Crippen molar-refractivity contribution in [1.82, 2.24) is 4.98 Å². The van der Waals surface area contributed by atoms with Gasteiger partial charge in [-0.05, 0) is 31.9 Å². The molecule has 0 aliphatic heterocycles. The van der Waals surface area contributed by atoms with Gasteiger partial charge in [0.25, 0.3) is 0 Å². The molecule has 1 heterocycles. The van der Waals surface area contributed by atoms with E-state index in [2.05, 4.69) is 46.1 Å². The van der Waals surface area contributed by atoms with Crippen LogP contribution in [0.3, 0.4) is 0 Å². The normalized spacial score (nSPS) is 10.1. The van der Waals surface area contributed by atoms with Gasteiger partial charge >= 0.3 is 0 Å². The monoisotopic (exact) mass is 315 g/mol. The van der Waals surface area contributed by atoms with Gasteiger partial charge in [-0.15, -0.1) is 0 Å². The summed E-state index contributed by atoms with van der Waals surface area (Å²) in [5.74, 6) is -0.320. The van der Waals surface area contributed by atoms with Crippen molar-refractivity contribution in [3.05, 3.63) is 15.0 Å². The molecule has 12 heavy (non-hydrogen) atoms. The van der Waals surface area contributed by atoms with Crippen LogP contribution in [0, 0.1) is 5.82 Å². The number of methoxy groups -OCH3 is 1. The van der Waals surface area contributed by atoms with E-state index in [9.17, 15) is 4.39 Å². The molecule has 0 radical (unpaired) electrons. The molecule has 66 valence electrons. The Morgan fingerprint density at radius 2 is 2.00 bits per heavy atom. The summed E-state index contributed by atoms with van der Waals surface area (Å²) in [7, 11) is 3.76. The minimum atomic E-state index is -0.495. The van der Waals surface area contributed by atoms with Gasteiger partial charge < -0.3 is 4.74 Å². The predicted octanol–water partition coefficient (Wildman–Crippen LogP) is 2.25. The van der Waals surface area contributed by atoms with Gasteiger partial charge in [-0.2, -0.15) is 4.39 Å². The first-order valence-corrected chi connectivity index (χ1v) is 5.08. The third-order valence-corrected chi connectivity index (χ3v) is 3.34. The van der Waals surface area contributed by atoms with Gasteiger partial charge in [0.15, 0.2) is 11.6 Å². The summed E-state index contributed by atoms with van der Waals surface area (Å²) in [6.45, 7) is 0. The van der Waals surface area contributed by atoms with Crippen LogP contribution in [-0.2, 0) is 0 Å². The van der Waals surface area contributed by atoms with E-state index in [1.54, 1.807) is 0 Å². The van der Waals surface area contributed by atoms with E-state index in [0.29, 0.717) is 9.91 Å². The highest BCUT2D eigenvalue weighted by Crippen LogP contribution is 2.26. The van der Waals surface area contributed by atoms with Crippen LogP contribution in [0.2, 0.25) is 0 Å². The molecule has 1 atom stereocenters. The summed E-state index contributed by atoms with van der Waals surface area (Å²) >= 11 is 6.13. The van der Waals surface area contributed by atoms with Gasteiger partial charge in [0.2, 0.25) is 0 Å². The Labute approximate surface area is 88.4 Å². The van der Waals surface area contributed by atoms with E-state index < -0.39 is 5.82 Å². The minimum Gasteiger partial charge on any atom is -0.493 e. The van der Waals surface area contributed by atoms with E-state index in [-0.39, 0.29) is 10.4 Å². The summed E-state index contributed by atoms with van der Waals surface area (Å²) in [5.41, 5.74) is 0. The highest BCUT2D eigenvalue weighted by Gasteiger charge is 2.14. The largest absolute Gasteiger partial charge is 0.493 e. The van der Waals surface area contributed by atoms with Crippen molar-refractivity contribution >= 4 is 46.4 Å². The molecule has 0 aliphatic carbocycles. The fraction of sp³-hybridized carbons (Fsp3) is 0.167. The summed E-state index contributed by atoms with van der Waals surface area (Å²) in [6, 6.07) is 0. The smallest absolute Gasteiger partial charge is 0.198 e. The number of pyridine rings is 1. The number of hydrogen-bond donors (Lipinski definition) is 0. The molecule has 1 aromatic rings. The summed E-state index contributed by atoms with van der Waals surface area (Å²) in [4.78, 5) is 3.84. The Morgan fingerprint density at radius 3 is 2.50 bits per heavy atom. The van der Waals surface area contributed by atoms with Gasteiger partial charge in [0, 0.05) is 5.30 Å². The van der Waals surface area contributed by atoms with Crippen molar-refractivity contribution in [1.29, 1.82) is 0 Å². The summed E-state index contributed by atoms with van der Waals surface area (Å²) in [5, 5.41) is 0.568. The Kier molecular flexibility index (Phi) is 3.44. The third-order valence-electron chi connectivity index (χ3n) is 1.25. The maximum Gasteiger partial charge on any atom is 0.198 e. The fourth-order valence-electron chi connectivity index (χ4n) is 0.701. The van der Waals surface area contributed by atoms with Crippen LogP contribution in [-0.4, -0.2) is 12.1 Å². The highest BCUT2D eigenvalue weighted by molar-refractivity contribution is 9.11. The first-order valence-electron chi connectivity index (χ1n) is 2.92. The fourth-order valence-corrected chi connectivity index (χ4v) is 1.96. The number of ether oxygens (including phenoxy) is 1. The standard InChI is InChI=1S/C6H5Br2FNOP/c1-11-3-2(9)5(7)10-6(8)4(3)12/h12H2,1H3. The average molecular weight is 317 g/mol. The summed E-state index contributed by atoms with van der Waals surface area (Å²) < 4.78 is 18.7. The predicted molar refractivity (Wildman–Crippen MR) is 55.5 cm³/mol. The van der Waals surface area contributed by atoms with Crippen molar-refractivity contribution in [2.45, 2.75) is 0 Å². The van der Waals surface area contributed by atoms with Crippen LogP contribution in [0.25, 0.3) is 0 Å². The molecular weight excluding hydrogens is 312 g/mol. The zero-order valence-corrected chi connectivity index (χ0v) is 10.4. The number of hydrogen-bond acceptors (Lipinski definition) is 2. The number of nitrogens with zero attached hydrogens (tertiary/aromatic N) is 1. The van der Waals surface area contributed by atoms with Crippen molar-refractivity contribution in [2.75, 3.05) is 7.11 Å². The highest BCUT2D eigenvalue weighted by atomic mass is 79.9. The molecule has 6 heteroatoms. The zero-order valence-electron chi connectivity index (χ0n) is 6.07. The first-order chi connectivity index (χ1) is 5.57. The van der Waals surface area contributed by atoms with Crippen LogP contribution in [0.15, 0.2) is 9.21 Å². The molecule has 0 bridgehead atoms. The van der Waals surface area contributed by atoms with Crippen LogP contribution in [0.4, 0.5) is 4.39 Å². The van der Waals surface area contributed by atoms with Gasteiger partial charge in [0.1, 0.15) is 9.21 Å². The Bertz CT molecular complexity index is 295. The molecule has 0 N–H and O–H groups in total. The Balaban J connectivity index is 3.42. The zero-order chi connectivity index (χ0) is 9.30. The number of halogens is 3. The number of rotatable bonds is 1. The molecule has 2 nitrogen and oxygen atoms in total. The maximum atomic E-state index is 13.2. The van der Waals surface area contributed by atoms with Crippen LogP contribution in [0.1, 0.15) is 0 Å². The van der Waals surface area contributed by atoms with E-state index in [1.165, 1.54) is 7.11 Å². The van der Waals surface area contributed by atoms with Crippen LogP contribution < -0.4 is 10.0 Å². The molecule has 0 saturated carbocycles. The van der Waals surface area contributed by atoms with Crippen molar-refractivity contribution in [2.24, 2.45) is 0 Å². The molecule has 1 rings (SSSR count). The van der Waals surface area contributed by atoms with E-state index in [4.69, 9.17) is 4.74 Å². The van der Waals surface area contributed by atoms with Gasteiger partial charge in [-0.3, -0.25) is 0 Å². The molecule has 0 fully saturated rings. The quantitative estimate of drug-likeness (QED) is 0.585. The minimum absolute atomic E-state index is 0.137. The molecule has 1 aromatic heterocycles. The van der Waals surface area contributed by atoms with E-state index in [0.717, 1.165) is 0 Å². The molecule has 0 amide bonds. The number of aromatic nitrogens is 1. The van der Waals surface area contributed by atoms with Crippen molar-refractivity contribution in [3.63, 3.8) is 0 Å². The van der Waals surface area contributed by atoms with Gasteiger partial charge in [-0.1, -0.05) is 9.24 Å². The lowest BCUT2D eigenvalue weighted by Gasteiger charge is -2.07. The SMILES string of the molecule is COc1c(F)c(Br)nc(Br)c1P. The second-order valence-electron chi connectivity index (χ2n) is 1.95.